The molecule has 84 valence electrons. The van der Waals surface area contributed by atoms with Crippen molar-refractivity contribution in [3.8, 4) is 0 Å². The molecule has 0 saturated carbocycles. The van der Waals surface area contributed by atoms with Crippen LogP contribution < -0.4 is 0 Å². The van der Waals surface area contributed by atoms with Gasteiger partial charge in [-0.05, 0) is 43.0 Å². The van der Waals surface area contributed by atoms with Gasteiger partial charge >= 0.3 is 6.18 Å². The first kappa shape index (κ1) is 12.0. The SMILES string of the molecule is Cc1cc(C(F)(F)F)ccc1CCCO. The van der Waals surface area contributed by atoms with Gasteiger partial charge < -0.3 is 5.11 Å². The van der Waals surface area contributed by atoms with Gasteiger partial charge in [0, 0.05) is 6.61 Å². The van der Waals surface area contributed by atoms with Crippen molar-refractivity contribution in [1.29, 1.82) is 0 Å². The third-order valence-electron chi connectivity index (χ3n) is 2.27. The molecule has 0 radical (unpaired) electrons. The average molecular weight is 218 g/mol. The van der Waals surface area contributed by atoms with Crippen LogP contribution in [-0.2, 0) is 12.6 Å². The highest BCUT2D eigenvalue weighted by Crippen LogP contribution is 2.30. The Balaban J connectivity index is 2.88. The van der Waals surface area contributed by atoms with Crippen LogP contribution in [0.4, 0.5) is 13.2 Å². The molecule has 0 spiro atoms. The molecule has 1 aromatic rings. The highest BCUT2D eigenvalue weighted by atomic mass is 19.4. The molecule has 15 heavy (non-hydrogen) atoms. The lowest BCUT2D eigenvalue weighted by molar-refractivity contribution is -0.137. The summed E-state index contributed by atoms with van der Waals surface area (Å²) in [6.07, 6.45) is -3.09. The molecule has 0 bridgehead atoms. The van der Waals surface area contributed by atoms with Gasteiger partial charge in [-0.1, -0.05) is 6.07 Å². The molecule has 1 rings (SSSR count). The first-order chi connectivity index (χ1) is 6.95. The maximum Gasteiger partial charge on any atom is 0.416 e. The number of hydrogen-bond acceptors (Lipinski definition) is 1. The minimum Gasteiger partial charge on any atom is -0.396 e. The number of hydrogen-bond donors (Lipinski definition) is 1. The highest BCUT2D eigenvalue weighted by molar-refractivity contribution is 5.32. The number of aryl methyl sites for hydroxylation is 2. The highest BCUT2D eigenvalue weighted by Gasteiger charge is 2.30. The quantitative estimate of drug-likeness (QED) is 0.827. The van der Waals surface area contributed by atoms with Crippen molar-refractivity contribution in [2.75, 3.05) is 6.61 Å². The summed E-state index contributed by atoms with van der Waals surface area (Å²) >= 11 is 0. The van der Waals surface area contributed by atoms with Gasteiger partial charge in [-0.3, -0.25) is 0 Å². The Morgan fingerprint density at radius 2 is 1.93 bits per heavy atom. The normalized spacial score (nSPS) is 11.8. The molecular formula is C11H13F3O. The molecule has 0 saturated heterocycles. The Morgan fingerprint density at radius 3 is 2.40 bits per heavy atom. The third-order valence-corrected chi connectivity index (χ3v) is 2.27. The molecule has 1 aromatic carbocycles. The number of rotatable bonds is 3. The van der Waals surface area contributed by atoms with Crippen molar-refractivity contribution in [2.24, 2.45) is 0 Å². The van der Waals surface area contributed by atoms with Crippen molar-refractivity contribution in [3.63, 3.8) is 0 Å². The summed E-state index contributed by atoms with van der Waals surface area (Å²) in [6, 6.07) is 3.71. The molecule has 0 aliphatic heterocycles. The minimum absolute atomic E-state index is 0.0560. The van der Waals surface area contributed by atoms with Gasteiger partial charge in [0.2, 0.25) is 0 Å². The smallest absolute Gasteiger partial charge is 0.396 e. The van der Waals surface area contributed by atoms with Gasteiger partial charge in [0.1, 0.15) is 0 Å². The minimum atomic E-state index is -4.28. The lowest BCUT2D eigenvalue weighted by Crippen LogP contribution is -2.06. The largest absolute Gasteiger partial charge is 0.416 e. The summed E-state index contributed by atoms with van der Waals surface area (Å²) in [5, 5.41) is 8.62. The molecule has 4 heteroatoms. The van der Waals surface area contributed by atoms with Gasteiger partial charge in [-0.2, -0.15) is 13.2 Å². The summed E-state index contributed by atoms with van der Waals surface area (Å²) in [4.78, 5) is 0. The second-order valence-electron chi connectivity index (χ2n) is 3.47. The maximum atomic E-state index is 12.3. The molecule has 1 N–H and O–H groups in total. The fraction of sp³-hybridized carbons (Fsp3) is 0.455. The van der Waals surface area contributed by atoms with Crippen LogP contribution in [0.5, 0.6) is 0 Å². The Hall–Kier alpha value is -1.03. The van der Waals surface area contributed by atoms with Crippen molar-refractivity contribution < 1.29 is 18.3 Å². The summed E-state index contributed by atoms with van der Waals surface area (Å²) in [7, 11) is 0. The topological polar surface area (TPSA) is 20.2 Å². The lowest BCUT2D eigenvalue weighted by atomic mass is 10.0. The van der Waals surface area contributed by atoms with Crippen molar-refractivity contribution in [3.05, 3.63) is 34.9 Å². The number of alkyl halides is 3. The monoisotopic (exact) mass is 218 g/mol. The van der Waals surface area contributed by atoms with Crippen LogP contribution in [-0.4, -0.2) is 11.7 Å². The van der Waals surface area contributed by atoms with Crippen molar-refractivity contribution in [1.82, 2.24) is 0 Å². The molecule has 0 unspecified atom stereocenters. The van der Waals surface area contributed by atoms with Crippen LogP contribution in [0, 0.1) is 6.92 Å². The fourth-order valence-corrected chi connectivity index (χ4v) is 1.42. The summed E-state index contributed by atoms with van der Waals surface area (Å²) in [6.45, 7) is 1.71. The zero-order valence-corrected chi connectivity index (χ0v) is 8.43. The second kappa shape index (κ2) is 4.66. The Morgan fingerprint density at radius 1 is 1.27 bits per heavy atom. The molecule has 0 aliphatic rings. The van der Waals surface area contributed by atoms with Gasteiger partial charge in [0.15, 0.2) is 0 Å². The van der Waals surface area contributed by atoms with E-state index in [1.165, 1.54) is 6.07 Å². The fourth-order valence-electron chi connectivity index (χ4n) is 1.42. The van der Waals surface area contributed by atoms with E-state index >= 15 is 0 Å². The zero-order valence-electron chi connectivity index (χ0n) is 8.43. The summed E-state index contributed by atoms with van der Waals surface area (Å²) < 4.78 is 36.9. The molecule has 0 fully saturated rings. The third kappa shape index (κ3) is 3.23. The van der Waals surface area contributed by atoms with Crippen LogP contribution in [0.2, 0.25) is 0 Å². The van der Waals surface area contributed by atoms with Crippen molar-refractivity contribution >= 4 is 0 Å². The van der Waals surface area contributed by atoms with E-state index in [2.05, 4.69) is 0 Å². The molecule has 1 nitrogen and oxygen atoms in total. The first-order valence-corrected chi connectivity index (χ1v) is 4.72. The number of aliphatic hydroxyl groups is 1. The molecular weight excluding hydrogens is 205 g/mol. The number of benzene rings is 1. The van der Waals surface area contributed by atoms with Crippen molar-refractivity contribution in [2.45, 2.75) is 25.9 Å². The Labute approximate surface area is 86.5 Å². The Kier molecular flexibility index (Phi) is 3.74. The van der Waals surface area contributed by atoms with Gasteiger partial charge in [-0.25, -0.2) is 0 Å². The van der Waals surface area contributed by atoms with Crippen LogP contribution in [0.15, 0.2) is 18.2 Å². The van der Waals surface area contributed by atoms with Gasteiger partial charge in [0.05, 0.1) is 5.56 Å². The number of aliphatic hydroxyl groups excluding tert-OH is 1. The predicted octanol–water partition coefficient (Wildman–Crippen LogP) is 2.94. The van der Waals surface area contributed by atoms with Gasteiger partial charge in [-0.15, -0.1) is 0 Å². The number of halogens is 3. The van der Waals surface area contributed by atoms with E-state index in [1.54, 1.807) is 6.92 Å². The van der Waals surface area contributed by atoms with E-state index in [4.69, 9.17) is 5.11 Å². The van der Waals surface area contributed by atoms with Crippen LogP contribution in [0.3, 0.4) is 0 Å². The first-order valence-electron chi connectivity index (χ1n) is 4.72. The molecule has 0 heterocycles. The van der Waals surface area contributed by atoms with Crippen LogP contribution in [0.25, 0.3) is 0 Å². The van der Waals surface area contributed by atoms with Gasteiger partial charge in [0.25, 0.3) is 0 Å². The van der Waals surface area contributed by atoms with E-state index < -0.39 is 11.7 Å². The molecule has 0 aromatic heterocycles. The van der Waals surface area contributed by atoms with E-state index in [-0.39, 0.29) is 6.61 Å². The Bertz CT molecular complexity index is 331. The van der Waals surface area contributed by atoms with E-state index in [9.17, 15) is 13.2 Å². The van der Waals surface area contributed by atoms with Crippen LogP contribution >= 0.6 is 0 Å². The van der Waals surface area contributed by atoms with Crippen LogP contribution in [0.1, 0.15) is 23.1 Å². The standard InChI is InChI=1S/C11H13F3O/c1-8-7-10(11(12,13)14)5-4-9(8)3-2-6-15/h4-5,7,15H,2-3,6H2,1H3. The van der Waals surface area contributed by atoms with E-state index in [0.29, 0.717) is 18.4 Å². The summed E-state index contributed by atoms with van der Waals surface area (Å²) in [5.74, 6) is 0. The summed E-state index contributed by atoms with van der Waals surface area (Å²) in [5.41, 5.74) is 0.864. The average Bonchev–Trinajstić information content (AvgIpc) is 2.14. The molecule has 0 aliphatic carbocycles. The molecule has 0 atom stereocenters. The second-order valence-corrected chi connectivity index (χ2v) is 3.47. The van der Waals surface area contributed by atoms with E-state index in [0.717, 1.165) is 17.7 Å². The molecule has 0 amide bonds. The lowest BCUT2D eigenvalue weighted by Gasteiger charge is -2.10. The predicted molar refractivity (Wildman–Crippen MR) is 51.6 cm³/mol. The zero-order chi connectivity index (χ0) is 11.5. The maximum absolute atomic E-state index is 12.3. The van der Waals surface area contributed by atoms with E-state index in [1.807, 2.05) is 0 Å².